The molecule has 1 saturated carbocycles. The van der Waals surface area contributed by atoms with Gasteiger partial charge in [-0.05, 0) is 37.0 Å². The van der Waals surface area contributed by atoms with E-state index in [2.05, 4.69) is 44.8 Å². The van der Waals surface area contributed by atoms with Gasteiger partial charge in [0, 0.05) is 6.04 Å². The van der Waals surface area contributed by atoms with E-state index in [4.69, 9.17) is 0 Å². The lowest BCUT2D eigenvalue weighted by Gasteiger charge is -2.42. The molecule has 2 fully saturated rings. The summed E-state index contributed by atoms with van der Waals surface area (Å²) in [5.74, 6) is 2.14. The van der Waals surface area contributed by atoms with E-state index in [1.54, 1.807) is 0 Å². The van der Waals surface area contributed by atoms with Gasteiger partial charge in [0.05, 0.1) is 12.2 Å². The summed E-state index contributed by atoms with van der Waals surface area (Å²) in [6.07, 6.45) is 3.71. The third-order valence-electron chi connectivity index (χ3n) is 4.33. The number of carbonyl (C=O) groups is 1. The molecule has 1 aliphatic heterocycles. The van der Waals surface area contributed by atoms with Crippen LogP contribution in [0.5, 0.6) is 0 Å². The van der Waals surface area contributed by atoms with Crippen LogP contribution in [0.15, 0.2) is 0 Å². The quantitative estimate of drug-likeness (QED) is 0.834. The Kier molecular flexibility index (Phi) is 4.00. The lowest BCUT2D eigenvalue weighted by molar-refractivity contribution is -0.135. The van der Waals surface area contributed by atoms with Crippen LogP contribution >= 0.6 is 0 Å². The van der Waals surface area contributed by atoms with E-state index in [0.29, 0.717) is 23.8 Å². The summed E-state index contributed by atoms with van der Waals surface area (Å²) < 4.78 is 0. The van der Waals surface area contributed by atoms with Gasteiger partial charge in [0.1, 0.15) is 0 Å². The average Bonchev–Trinajstić information content (AvgIpc) is 2.50. The number of hydrogen-bond donors (Lipinski definition) is 1. The van der Waals surface area contributed by atoms with Crippen molar-refractivity contribution in [1.82, 2.24) is 10.2 Å². The largest absolute Gasteiger partial charge is 0.323 e. The van der Waals surface area contributed by atoms with Crippen LogP contribution in [0.1, 0.15) is 53.9 Å². The molecule has 0 radical (unpaired) electrons. The zero-order valence-corrected chi connectivity index (χ0v) is 12.4. The first-order valence-corrected chi connectivity index (χ1v) is 7.48. The van der Waals surface area contributed by atoms with Gasteiger partial charge in [-0.1, -0.05) is 34.6 Å². The third-order valence-corrected chi connectivity index (χ3v) is 4.33. The lowest BCUT2D eigenvalue weighted by atomic mass is 9.80. The summed E-state index contributed by atoms with van der Waals surface area (Å²) in [6.45, 7) is 11.0. The first kappa shape index (κ1) is 13.9. The molecular formula is C15H28N2O. The standard InChI is InChI=1S/C15H28N2O/c1-9(2)6-13-16-14(10(3)4)15(18)17(13)12-7-11(5)8-12/h9-14,16H,6-8H2,1-5H3. The van der Waals surface area contributed by atoms with Crippen LogP contribution in [-0.2, 0) is 4.79 Å². The Balaban J connectivity index is 2.08. The maximum atomic E-state index is 12.5. The van der Waals surface area contributed by atoms with Gasteiger partial charge in [-0.15, -0.1) is 0 Å². The van der Waals surface area contributed by atoms with Crippen molar-refractivity contribution in [3.05, 3.63) is 0 Å². The molecule has 0 spiro atoms. The molecule has 0 aromatic heterocycles. The van der Waals surface area contributed by atoms with Crippen LogP contribution in [-0.4, -0.2) is 29.1 Å². The van der Waals surface area contributed by atoms with Gasteiger partial charge in [0.25, 0.3) is 0 Å². The van der Waals surface area contributed by atoms with E-state index in [-0.39, 0.29) is 12.2 Å². The molecule has 18 heavy (non-hydrogen) atoms. The van der Waals surface area contributed by atoms with Crippen molar-refractivity contribution in [2.75, 3.05) is 0 Å². The van der Waals surface area contributed by atoms with E-state index in [9.17, 15) is 4.79 Å². The molecule has 0 aromatic rings. The summed E-state index contributed by atoms with van der Waals surface area (Å²) >= 11 is 0. The Morgan fingerprint density at radius 1 is 1.28 bits per heavy atom. The average molecular weight is 252 g/mol. The minimum atomic E-state index is 0.0321. The topological polar surface area (TPSA) is 32.3 Å². The summed E-state index contributed by atoms with van der Waals surface area (Å²) in [5.41, 5.74) is 0. The number of amides is 1. The first-order valence-electron chi connectivity index (χ1n) is 7.48. The van der Waals surface area contributed by atoms with Crippen molar-refractivity contribution in [3.8, 4) is 0 Å². The SMILES string of the molecule is CC(C)CC1NC(C(C)C)C(=O)N1C1CC(C)C1. The number of nitrogens with one attached hydrogen (secondary N) is 1. The van der Waals surface area contributed by atoms with Crippen molar-refractivity contribution >= 4 is 5.91 Å². The van der Waals surface area contributed by atoms with E-state index in [1.165, 1.54) is 12.8 Å². The predicted molar refractivity (Wildman–Crippen MR) is 74.0 cm³/mol. The Morgan fingerprint density at radius 2 is 1.89 bits per heavy atom. The third kappa shape index (κ3) is 2.56. The van der Waals surface area contributed by atoms with Crippen molar-refractivity contribution in [3.63, 3.8) is 0 Å². The minimum absolute atomic E-state index is 0.0321. The highest BCUT2D eigenvalue weighted by Crippen LogP contribution is 2.36. The predicted octanol–water partition coefficient (Wildman–Crippen LogP) is 2.61. The highest BCUT2D eigenvalue weighted by molar-refractivity contribution is 5.85. The zero-order valence-electron chi connectivity index (χ0n) is 12.4. The van der Waals surface area contributed by atoms with Gasteiger partial charge in [0.15, 0.2) is 0 Å². The molecule has 2 atom stereocenters. The molecular weight excluding hydrogens is 224 g/mol. The van der Waals surface area contributed by atoms with Crippen LogP contribution in [0, 0.1) is 17.8 Å². The number of carbonyl (C=O) groups excluding carboxylic acids is 1. The Morgan fingerprint density at radius 3 is 2.33 bits per heavy atom. The van der Waals surface area contributed by atoms with Gasteiger partial charge in [-0.25, -0.2) is 0 Å². The van der Waals surface area contributed by atoms with Crippen LogP contribution in [0.3, 0.4) is 0 Å². The maximum Gasteiger partial charge on any atom is 0.241 e. The lowest BCUT2D eigenvalue weighted by Crippen LogP contribution is -2.50. The van der Waals surface area contributed by atoms with Crippen LogP contribution in [0.4, 0.5) is 0 Å². The number of hydrogen-bond acceptors (Lipinski definition) is 2. The van der Waals surface area contributed by atoms with Crippen LogP contribution in [0.25, 0.3) is 0 Å². The second kappa shape index (κ2) is 5.20. The molecule has 2 rings (SSSR count). The monoisotopic (exact) mass is 252 g/mol. The van der Waals surface area contributed by atoms with Crippen LogP contribution < -0.4 is 5.32 Å². The Hall–Kier alpha value is -0.570. The van der Waals surface area contributed by atoms with Crippen molar-refractivity contribution in [2.24, 2.45) is 17.8 Å². The fourth-order valence-electron chi connectivity index (χ4n) is 3.30. The second-order valence-corrected chi connectivity index (χ2v) is 7.01. The van der Waals surface area contributed by atoms with Crippen molar-refractivity contribution in [2.45, 2.75) is 72.1 Å². The van der Waals surface area contributed by atoms with E-state index in [1.807, 2.05) is 0 Å². The Labute approximate surface area is 111 Å². The molecule has 104 valence electrons. The van der Waals surface area contributed by atoms with Gasteiger partial charge in [0.2, 0.25) is 5.91 Å². The molecule has 1 N–H and O–H groups in total. The van der Waals surface area contributed by atoms with Gasteiger partial charge in [-0.2, -0.15) is 0 Å². The van der Waals surface area contributed by atoms with Gasteiger partial charge in [-0.3, -0.25) is 10.1 Å². The fourth-order valence-corrected chi connectivity index (χ4v) is 3.30. The molecule has 2 unspecified atom stereocenters. The van der Waals surface area contributed by atoms with Gasteiger partial charge >= 0.3 is 0 Å². The van der Waals surface area contributed by atoms with E-state index < -0.39 is 0 Å². The maximum absolute atomic E-state index is 12.5. The minimum Gasteiger partial charge on any atom is -0.323 e. The van der Waals surface area contributed by atoms with Crippen LogP contribution in [0.2, 0.25) is 0 Å². The molecule has 1 aliphatic carbocycles. The fraction of sp³-hybridized carbons (Fsp3) is 0.933. The summed E-state index contributed by atoms with van der Waals surface area (Å²) in [7, 11) is 0. The van der Waals surface area contributed by atoms with E-state index in [0.717, 1.165) is 12.3 Å². The molecule has 3 heteroatoms. The highest BCUT2D eigenvalue weighted by Gasteiger charge is 2.46. The summed E-state index contributed by atoms with van der Waals surface area (Å²) in [6, 6.07) is 0.525. The first-order chi connectivity index (χ1) is 8.40. The summed E-state index contributed by atoms with van der Waals surface area (Å²) in [5, 5.41) is 3.56. The van der Waals surface area contributed by atoms with Crippen molar-refractivity contribution < 1.29 is 4.79 Å². The molecule has 1 heterocycles. The normalized spacial score (nSPS) is 36.6. The van der Waals surface area contributed by atoms with Gasteiger partial charge < -0.3 is 4.90 Å². The van der Waals surface area contributed by atoms with Crippen molar-refractivity contribution in [1.29, 1.82) is 0 Å². The number of rotatable bonds is 4. The molecule has 2 aliphatic rings. The molecule has 1 saturated heterocycles. The number of nitrogens with zero attached hydrogens (tertiary/aromatic N) is 1. The Bertz CT molecular complexity index is 308. The highest BCUT2D eigenvalue weighted by atomic mass is 16.2. The smallest absolute Gasteiger partial charge is 0.241 e. The second-order valence-electron chi connectivity index (χ2n) is 7.01. The zero-order chi connectivity index (χ0) is 13.4. The molecule has 0 aromatic carbocycles. The molecule has 1 amide bonds. The summed E-state index contributed by atoms with van der Waals surface area (Å²) in [4.78, 5) is 14.7. The molecule has 0 bridgehead atoms. The molecule has 3 nitrogen and oxygen atoms in total. The van der Waals surface area contributed by atoms with E-state index >= 15 is 0 Å².